The van der Waals surface area contributed by atoms with Crippen molar-refractivity contribution < 1.29 is 4.74 Å². The summed E-state index contributed by atoms with van der Waals surface area (Å²) in [6.07, 6.45) is 7.00. The quantitative estimate of drug-likeness (QED) is 0.551. The van der Waals surface area contributed by atoms with Gasteiger partial charge >= 0.3 is 5.69 Å². The molecule has 1 fully saturated rings. The molecule has 26 heavy (non-hydrogen) atoms. The molecule has 8 nitrogen and oxygen atoms in total. The zero-order chi connectivity index (χ0) is 17.7. The zero-order valence-corrected chi connectivity index (χ0v) is 14.4. The number of ether oxygens (including phenoxy) is 1. The molecule has 0 spiro atoms. The van der Waals surface area contributed by atoms with E-state index in [0.717, 1.165) is 29.4 Å². The Bertz CT molecular complexity index is 1170. The first-order chi connectivity index (χ1) is 12.7. The molecule has 1 saturated heterocycles. The molecule has 0 aliphatic carbocycles. The maximum Gasteiger partial charge on any atom is 0.330 e. The van der Waals surface area contributed by atoms with E-state index >= 15 is 0 Å². The average molecular weight is 350 g/mol. The van der Waals surface area contributed by atoms with E-state index in [1.807, 2.05) is 24.4 Å². The maximum atomic E-state index is 12.8. The topological polar surface area (TPSA) is 79.2 Å². The lowest BCUT2D eigenvalue weighted by Gasteiger charge is -2.22. The molecule has 0 N–H and O–H groups in total. The van der Waals surface area contributed by atoms with Gasteiger partial charge in [0.2, 0.25) is 0 Å². The molecule has 5 heterocycles. The largest absolute Gasteiger partial charge is 0.381 e. The molecule has 4 aromatic rings. The van der Waals surface area contributed by atoms with E-state index in [1.54, 1.807) is 33.1 Å². The zero-order valence-electron chi connectivity index (χ0n) is 14.4. The molecule has 0 radical (unpaired) electrons. The monoisotopic (exact) mass is 350 g/mol. The molecule has 0 unspecified atom stereocenters. The van der Waals surface area contributed by atoms with Crippen molar-refractivity contribution >= 4 is 16.7 Å². The highest BCUT2D eigenvalue weighted by Gasteiger charge is 2.23. The van der Waals surface area contributed by atoms with Crippen LogP contribution in [0.15, 0.2) is 41.6 Å². The molecule has 132 valence electrons. The third-order valence-electron chi connectivity index (χ3n) is 5.06. The van der Waals surface area contributed by atoms with Gasteiger partial charge in [0.05, 0.1) is 23.5 Å². The van der Waals surface area contributed by atoms with Gasteiger partial charge in [-0.1, -0.05) is 6.07 Å². The first-order valence-corrected chi connectivity index (χ1v) is 8.68. The van der Waals surface area contributed by atoms with Gasteiger partial charge in [-0.15, -0.1) is 0 Å². The normalized spacial score (nSPS) is 15.9. The summed E-state index contributed by atoms with van der Waals surface area (Å²) in [6.45, 7) is 1.33. The van der Waals surface area contributed by atoms with Crippen molar-refractivity contribution in [1.29, 1.82) is 0 Å². The molecule has 0 bridgehead atoms. The van der Waals surface area contributed by atoms with Crippen molar-refractivity contribution in [1.82, 2.24) is 28.7 Å². The second-order valence-electron chi connectivity index (χ2n) is 6.55. The molecule has 5 rings (SSSR count). The molecule has 1 aliphatic heterocycles. The minimum atomic E-state index is -0.0572. The maximum absolute atomic E-state index is 12.8. The van der Waals surface area contributed by atoms with Crippen molar-refractivity contribution in [3.8, 4) is 11.4 Å². The predicted octanol–water partition coefficient (Wildman–Crippen LogP) is 1.80. The molecule has 0 aromatic carbocycles. The number of rotatable bonds is 2. The number of nitrogens with zero attached hydrogens (tertiary/aromatic N) is 6. The van der Waals surface area contributed by atoms with E-state index in [1.165, 1.54) is 0 Å². The lowest BCUT2D eigenvalue weighted by Crippen LogP contribution is -2.30. The number of pyridine rings is 1. The van der Waals surface area contributed by atoms with Gasteiger partial charge in [-0.3, -0.25) is 9.13 Å². The minimum absolute atomic E-state index is 0.0572. The summed E-state index contributed by atoms with van der Waals surface area (Å²) in [7, 11) is 1.76. The average Bonchev–Trinajstić information content (AvgIpc) is 3.22. The van der Waals surface area contributed by atoms with Crippen LogP contribution in [0.4, 0.5) is 0 Å². The van der Waals surface area contributed by atoms with Crippen LogP contribution in [-0.4, -0.2) is 41.9 Å². The van der Waals surface area contributed by atoms with Crippen LogP contribution in [0.25, 0.3) is 28.1 Å². The van der Waals surface area contributed by atoms with E-state index in [2.05, 4.69) is 10.1 Å². The molecule has 8 heteroatoms. The highest BCUT2D eigenvalue weighted by molar-refractivity contribution is 5.79. The van der Waals surface area contributed by atoms with Gasteiger partial charge in [-0.25, -0.2) is 19.3 Å². The molecule has 4 aromatic heterocycles. The van der Waals surface area contributed by atoms with Crippen molar-refractivity contribution in [3.63, 3.8) is 0 Å². The molecule has 1 aliphatic rings. The summed E-state index contributed by atoms with van der Waals surface area (Å²) in [5.74, 6) is 0.574. The summed E-state index contributed by atoms with van der Waals surface area (Å²) in [6, 6.07) is 5.96. The summed E-state index contributed by atoms with van der Waals surface area (Å²) in [4.78, 5) is 22.1. The van der Waals surface area contributed by atoms with Gasteiger partial charge in [0.15, 0.2) is 11.5 Å². The fourth-order valence-corrected chi connectivity index (χ4v) is 3.64. The highest BCUT2D eigenvalue weighted by atomic mass is 16.5. The fraction of sp³-hybridized carbons (Fsp3) is 0.333. The van der Waals surface area contributed by atoms with Crippen LogP contribution in [0.2, 0.25) is 0 Å². The predicted molar refractivity (Wildman–Crippen MR) is 96.0 cm³/mol. The smallest absolute Gasteiger partial charge is 0.330 e. The van der Waals surface area contributed by atoms with Gasteiger partial charge in [-0.2, -0.15) is 5.10 Å². The minimum Gasteiger partial charge on any atom is -0.381 e. The van der Waals surface area contributed by atoms with E-state index in [4.69, 9.17) is 9.72 Å². The Labute approximate surface area is 148 Å². The fourth-order valence-electron chi connectivity index (χ4n) is 3.64. The number of aryl methyl sites for hydroxylation is 1. The summed E-state index contributed by atoms with van der Waals surface area (Å²) < 4.78 is 10.7. The van der Waals surface area contributed by atoms with Crippen LogP contribution in [-0.2, 0) is 11.8 Å². The Balaban J connectivity index is 1.73. The summed E-state index contributed by atoms with van der Waals surface area (Å²) in [5, 5.41) is 4.36. The number of aromatic nitrogens is 6. The lowest BCUT2D eigenvalue weighted by atomic mass is 10.1. The standard InChI is InChI=1S/C18H18N6O2/c1-22-15-11-19-16(13-10-20-23-7-3-2-4-14(13)23)21-17(15)24(18(22)25)12-5-8-26-9-6-12/h2-4,7,10-12H,5-6,8-9H2,1H3. The highest BCUT2D eigenvalue weighted by Crippen LogP contribution is 2.26. The second-order valence-corrected chi connectivity index (χ2v) is 6.55. The van der Waals surface area contributed by atoms with E-state index < -0.39 is 0 Å². The van der Waals surface area contributed by atoms with E-state index in [-0.39, 0.29) is 11.7 Å². The van der Waals surface area contributed by atoms with Crippen molar-refractivity contribution in [3.05, 3.63) is 47.3 Å². The van der Waals surface area contributed by atoms with Crippen LogP contribution >= 0.6 is 0 Å². The number of hydrogen-bond acceptors (Lipinski definition) is 5. The van der Waals surface area contributed by atoms with Crippen LogP contribution in [0, 0.1) is 0 Å². The van der Waals surface area contributed by atoms with Gasteiger partial charge in [0.25, 0.3) is 0 Å². The third kappa shape index (κ3) is 2.19. The first-order valence-electron chi connectivity index (χ1n) is 8.68. The Morgan fingerprint density at radius 3 is 2.85 bits per heavy atom. The van der Waals surface area contributed by atoms with Gasteiger partial charge in [0, 0.05) is 32.5 Å². The van der Waals surface area contributed by atoms with E-state index in [0.29, 0.717) is 24.7 Å². The first kappa shape index (κ1) is 15.3. The Morgan fingerprint density at radius 2 is 2.00 bits per heavy atom. The summed E-state index contributed by atoms with van der Waals surface area (Å²) >= 11 is 0. The Morgan fingerprint density at radius 1 is 1.15 bits per heavy atom. The molecule has 0 amide bonds. The Kier molecular flexibility index (Phi) is 3.39. The molecule has 0 saturated carbocycles. The molecular formula is C18H18N6O2. The number of fused-ring (bicyclic) bond motifs is 2. The second kappa shape index (κ2) is 5.77. The van der Waals surface area contributed by atoms with Gasteiger partial charge in [0.1, 0.15) is 5.52 Å². The summed E-state index contributed by atoms with van der Waals surface area (Å²) in [5.41, 5.74) is 3.13. The molecule has 0 atom stereocenters. The SMILES string of the molecule is Cn1c(=O)n(C2CCOCC2)c2nc(-c3cnn4ccccc34)ncc21. The molecular weight excluding hydrogens is 332 g/mol. The van der Waals surface area contributed by atoms with Crippen LogP contribution in [0.1, 0.15) is 18.9 Å². The van der Waals surface area contributed by atoms with Crippen molar-refractivity contribution in [2.75, 3.05) is 13.2 Å². The van der Waals surface area contributed by atoms with Gasteiger partial charge in [-0.05, 0) is 25.0 Å². The number of hydrogen-bond donors (Lipinski definition) is 0. The van der Waals surface area contributed by atoms with Crippen LogP contribution in [0.5, 0.6) is 0 Å². The van der Waals surface area contributed by atoms with Crippen LogP contribution in [0.3, 0.4) is 0 Å². The number of imidazole rings is 1. The van der Waals surface area contributed by atoms with Gasteiger partial charge < -0.3 is 4.74 Å². The van der Waals surface area contributed by atoms with E-state index in [9.17, 15) is 4.79 Å². The van der Waals surface area contributed by atoms with Crippen molar-refractivity contribution in [2.45, 2.75) is 18.9 Å². The lowest BCUT2D eigenvalue weighted by molar-refractivity contribution is 0.0695. The van der Waals surface area contributed by atoms with Crippen LogP contribution < -0.4 is 5.69 Å². The Hall–Kier alpha value is -3.00. The third-order valence-corrected chi connectivity index (χ3v) is 5.06. The van der Waals surface area contributed by atoms with Crippen molar-refractivity contribution in [2.24, 2.45) is 7.05 Å².